The Morgan fingerprint density at radius 2 is 2.06 bits per heavy atom. The molecule has 0 bridgehead atoms. The Kier molecular flexibility index (Phi) is 7.43. The van der Waals surface area contributed by atoms with Gasteiger partial charge < -0.3 is 19.4 Å². The molecule has 2 saturated heterocycles. The first-order valence-electron chi connectivity index (χ1n) is 11.8. The van der Waals surface area contributed by atoms with Crippen molar-refractivity contribution in [1.29, 1.82) is 5.26 Å². The molecule has 0 aromatic carbocycles. The molecule has 2 aliphatic heterocycles. The van der Waals surface area contributed by atoms with E-state index in [1.165, 1.54) is 0 Å². The number of hydrogen-bond donors (Lipinski definition) is 1. The van der Waals surface area contributed by atoms with Gasteiger partial charge in [-0.1, -0.05) is 0 Å². The van der Waals surface area contributed by atoms with Crippen LogP contribution in [0.3, 0.4) is 0 Å². The van der Waals surface area contributed by atoms with Gasteiger partial charge in [0, 0.05) is 44.5 Å². The van der Waals surface area contributed by atoms with Crippen molar-refractivity contribution in [3.8, 4) is 6.07 Å². The van der Waals surface area contributed by atoms with Crippen LogP contribution in [0.15, 0.2) is 29.3 Å². The third-order valence-corrected chi connectivity index (χ3v) is 6.76. The number of rotatable bonds is 7. The van der Waals surface area contributed by atoms with E-state index in [1.54, 1.807) is 18.5 Å². The van der Waals surface area contributed by atoms with Crippen molar-refractivity contribution in [3.63, 3.8) is 0 Å². The Balaban J connectivity index is 1.23. The molecule has 2 aromatic heterocycles. The number of H-pyrrole nitrogens is 1. The molecule has 0 saturated carbocycles. The Hall–Kier alpha value is -3.45. The highest BCUT2D eigenvalue weighted by molar-refractivity contribution is 5.76. The zero-order valence-corrected chi connectivity index (χ0v) is 19.7. The maximum Gasteiger partial charge on any atom is 0.269 e. The van der Waals surface area contributed by atoms with Crippen molar-refractivity contribution >= 4 is 17.4 Å². The Bertz CT molecular complexity index is 1090. The van der Waals surface area contributed by atoms with Gasteiger partial charge in [0.25, 0.3) is 5.56 Å². The number of nitrogens with one attached hydrogen (secondary N) is 1. The Labute approximate surface area is 199 Å². The smallest absolute Gasteiger partial charge is 0.269 e. The number of carbonyl (C=O) groups is 1. The predicted molar refractivity (Wildman–Crippen MR) is 128 cm³/mol. The van der Waals surface area contributed by atoms with Gasteiger partial charge >= 0.3 is 0 Å². The van der Waals surface area contributed by atoms with Crippen LogP contribution >= 0.6 is 0 Å². The van der Waals surface area contributed by atoms with Gasteiger partial charge in [0.15, 0.2) is 0 Å². The third-order valence-electron chi connectivity index (χ3n) is 6.76. The Morgan fingerprint density at radius 3 is 2.76 bits per heavy atom. The van der Waals surface area contributed by atoms with Crippen LogP contribution in [-0.2, 0) is 9.53 Å². The Morgan fingerprint density at radius 1 is 1.26 bits per heavy atom. The van der Waals surface area contributed by atoms with E-state index in [-0.39, 0.29) is 23.6 Å². The third kappa shape index (κ3) is 5.20. The minimum absolute atomic E-state index is 0.0618. The molecular formula is C24H31N7O3. The number of hydrogen-bond acceptors (Lipinski definition) is 8. The molecule has 180 valence electrons. The predicted octanol–water partition coefficient (Wildman–Crippen LogP) is 1.46. The second-order valence-electron chi connectivity index (χ2n) is 8.82. The first-order chi connectivity index (χ1) is 16.5. The molecule has 34 heavy (non-hydrogen) atoms. The number of carbonyl (C=O) groups excluding carboxylic acids is 1. The summed E-state index contributed by atoms with van der Waals surface area (Å²) < 4.78 is 6.08. The van der Waals surface area contributed by atoms with Crippen LogP contribution in [0.4, 0.5) is 11.5 Å². The fourth-order valence-corrected chi connectivity index (χ4v) is 4.74. The summed E-state index contributed by atoms with van der Waals surface area (Å²) in [6.45, 7) is 7.78. The summed E-state index contributed by atoms with van der Waals surface area (Å²) in [5.74, 6) is 0.924. The van der Waals surface area contributed by atoms with E-state index < -0.39 is 0 Å². The summed E-state index contributed by atoms with van der Waals surface area (Å²) in [6, 6.07) is 5.84. The van der Waals surface area contributed by atoms with Crippen LogP contribution in [0, 0.1) is 18.3 Å². The molecule has 0 radical (unpaired) electrons. The molecule has 4 rings (SSSR count). The minimum atomic E-state index is -0.169. The normalized spacial score (nSPS) is 19.2. The van der Waals surface area contributed by atoms with Gasteiger partial charge in [-0.3, -0.25) is 9.59 Å². The zero-order chi connectivity index (χ0) is 24.1. The summed E-state index contributed by atoms with van der Waals surface area (Å²) >= 11 is 0. The molecule has 2 fully saturated rings. The number of amides is 1. The van der Waals surface area contributed by atoms with Gasteiger partial charge in [-0.25, -0.2) is 10.1 Å². The van der Waals surface area contributed by atoms with Crippen molar-refractivity contribution in [2.75, 3.05) is 49.1 Å². The largest absolute Gasteiger partial charge is 0.376 e. The number of aromatic nitrogens is 3. The number of nitrogens with zero attached hydrogens (tertiary/aromatic N) is 6. The number of nitriles is 1. The van der Waals surface area contributed by atoms with E-state index in [0.717, 1.165) is 30.9 Å². The molecule has 0 unspecified atom stereocenters. The van der Waals surface area contributed by atoms with Gasteiger partial charge in [-0.15, -0.1) is 0 Å². The minimum Gasteiger partial charge on any atom is -0.376 e. The highest BCUT2D eigenvalue weighted by atomic mass is 16.5. The molecular weight excluding hydrogens is 434 g/mol. The molecule has 1 N–H and O–H groups in total. The standard InChI is InChI=1S/C24H31N7O3/c1-17-21(16-27-28-24(17)33)31-8-3-4-20(31)18(2)34-13-7-23(32)30-11-9-29(10-12-30)22-6-5-19(14-25)15-26-22/h5-6,15-16,18,20H,3-4,7-13H2,1-2H3,(H,28,33)/t18-,20+/m1/s1. The monoisotopic (exact) mass is 465 g/mol. The lowest BCUT2D eigenvalue weighted by molar-refractivity contribution is -0.133. The second kappa shape index (κ2) is 10.7. The first-order valence-corrected chi connectivity index (χ1v) is 11.8. The molecule has 10 heteroatoms. The molecule has 0 spiro atoms. The molecule has 0 aliphatic carbocycles. The number of pyridine rings is 1. The van der Waals surface area contributed by atoms with E-state index >= 15 is 0 Å². The van der Waals surface area contributed by atoms with Crippen LogP contribution in [0.25, 0.3) is 0 Å². The van der Waals surface area contributed by atoms with Crippen LogP contribution in [0.5, 0.6) is 0 Å². The molecule has 2 aliphatic rings. The number of aromatic amines is 1. The number of anilines is 2. The maximum atomic E-state index is 12.7. The average molecular weight is 466 g/mol. The summed E-state index contributed by atoms with van der Waals surface area (Å²) in [5.41, 5.74) is 1.89. The van der Waals surface area contributed by atoms with Crippen LogP contribution in [0.2, 0.25) is 0 Å². The van der Waals surface area contributed by atoms with E-state index in [2.05, 4.69) is 31.1 Å². The molecule has 2 atom stereocenters. The van der Waals surface area contributed by atoms with Crippen molar-refractivity contribution in [2.24, 2.45) is 0 Å². The van der Waals surface area contributed by atoms with Crippen LogP contribution < -0.4 is 15.4 Å². The fraction of sp³-hybridized carbons (Fsp3) is 0.542. The van der Waals surface area contributed by atoms with Crippen molar-refractivity contribution in [2.45, 2.75) is 45.3 Å². The van der Waals surface area contributed by atoms with Gasteiger partial charge in [-0.05, 0) is 38.8 Å². The zero-order valence-electron chi connectivity index (χ0n) is 19.7. The van der Waals surface area contributed by atoms with E-state index in [0.29, 0.717) is 50.3 Å². The number of ether oxygens (including phenoxy) is 1. The maximum absolute atomic E-state index is 12.7. The van der Waals surface area contributed by atoms with Gasteiger partial charge in [0.2, 0.25) is 5.91 Å². The number of piperazine rings is 1. The topological polar surface area (TPSA) is 118 Å². The average Bonchev–Trinajstić information content (AvgIpc) is 3.35. The van der Waals surface area contributed by atoms with Gasteiger partial charge in [-0.2, -0.15) is 10.4 Å². The van der Waals surface area contributed by atoms with Crippen molar-refractivity contribution < 1.29 is 9.53 Å². The SMILES string of the molecule is Cc1c(N2CCC[C@H]2[C@@H](C)OCCC(=O)N2CCN(c3ccc(C#N)cn3)CC2)cn[nH]c1=O. The summed E-state index contributed by atoms with van der Waals surface area (Å²) in [5, 5.41) is 15.4. The molecule has 4 heterocycles. The lowest BCUT2D eigenvalue weighted by Gasteiger charge is -2.35. The second-order valence-corrected chi connectivity index (χ2v) is 8.82. The first kappa shape index (κ1) is 23.7. The lowest BCUT2D eigenvalue weighted by Crippen LogP contribution is -2.49. The van der Waals surface area contributed by atoms with Crippen molar-refractivity contribution in [1.82, 2.24) is 20.1 Å². The van der Waals surface area contributed by atoms with Crippen LogP contribution in [0.1, 0.15) is 37.3 Å². The summed E-state index contributed by atoms with van der Waals surface area (Å²) in [7, 11) is 0. The molecule has 2 aromatic rings. The summed E-state index contributed by atoms with van der Waals surface area (Å²) in [6.07, 6.45) is 5.57. The fourth-order valence-electron chi connectivity index (χ4n) is 4.74. The lowest BCUT2D eigenvalue weighted by atomic mass is 10.1. The van der Waals surface area contributed by atoms with Crippen molar-refractivity contribution in [3.05, 3.63) is 46.0 Å². The van der Waals surface area contributed by atoms with E-state index in [4.69, 9.17) is 10.00 Å². The van der Waals surface area contributed by atoms with Gasteiger partial charge in [0.1, 0.15) is 11.9 Å². The van der Waals surface area contributed by atoms with Crippen LogP contribution in [-0.4, -0.2) is 77.5 Å². The quantitative estimate of drug-likeness (QED) is 0.653. The van der Waals surface area contributed by atoms with E-state index in [9.17, 15) is 9.59 Å². The van der Waals surface area contributed by atoms with E-state index in [1.807, 2.05) is 24.8 Å². The highest BCUT2D eigenvalue weighted by Crippen LogP contribution is 2.29. The molecule has 1 amide bonds. The molecule has 10 nitrogen and oxygen atoms in total. The summed E-state index contributed by atoms with van der Waals surface area (Å²) in [4.78, 5) is 35.2. The highest BCUT2D eigenvalue weighted by Gasteiger charge is 2.32. The van der Waals surface area contributed by atoms with Gasteiger partial charge in [0.05, 0.1) is 42.6 Å².